The van der Waals surface area contributed by atoms with Gasteiger partial charge in [0.1, 0.15) is 11.6 Å². The van der Waals surface area contributed by atoms with Gasteiger partial charge < -0.3 is 9.80 Å². The van der Waals surface area contributed by atoms with Gasteiger partial charge in [-0.1, -0.05) is 41.6 Å². The third-order valence-electron chi connectivity index (χ3n) is 5.68. The van der Waals surface area contributed by atoms with Crippen molar-refractivity contribution in [1.29, 1.82) is 0 Å². The number of carbonyl (C=O) groups excluding carboxylic acids is 1. The van der Waals surface area contributed by atoms with Crippen LogP contribution >= 0.6 is 11.8 Å². The number of para-hydroxylation sites is 1. The Morgan fingerprint density at radius 1 is 1.00 bits per heavy atom. The molecule has 8 heteroatoms. The van der Waals surface area contributed by atoms with Gasteiger partial charge >= 0.3 is 0 Å². The zero-order chi connectivity index (χ0) is 22.5. The van der Waals surface area contributed by atoms with Gasteiger partial charge in [-0.05, 0) is 44.5 Å². The van der Waals surface area contributed by atoms with Crippen LogP contribution in [0, 0.1) is 19.7 Å². The molecule has 0 unspecified atom stereocenters. The number of halogens is 1. The van der Waals surface area contributed by atoms with E-state index in [2.05, 4.69) is 41.4 Å². The van der Waals surface area contributed by atoms with E-state index in [1.54, 1.807) is 23.9 Å². The van der Waals surface area contributed by atoms with Crippen LogP contribution in [0.5, 0.6) is 0 Å². The van der Waals surface area contributed by atoms with Crippen molar-refractivity contribution >= 4 is 23.4 Å². The average molecular weight is 454 g/mol. The van der Waals surface area contributed by atoms with Crippen LogP contribution in [-0.2, 0) is 4.79 Å². The van der Waals surface area contributed by atoms with E-state index in [1.165, 1.54) is 11.6 Å². The first-order valence-corrected chi connectivity index (χ1v) is 11.9. The maximum Gasteiger partial charge on any atom is 0.222 e. The molecule has 168 valence electrons. The Morgan fingerprint density at radius 3 is 2.44 bits per heavy atom. The van der Waals surface area contributed by atoms with Crippen molar-refractivity contribution in [2.24, 2.45) is 0 Å². The predicted molar refractivity (Wildman–Crippen MR) is 126 cm³/mol. The summed E-state index contributed by atoms with van der Waals surface area (Å²) in [5.74, 6) is 1.60. The minimum Gasteiger partial charge on any atom is -0.366 e. The Labute approximate surface area is 192 Å². The van der Waals surface area contributed by atoms with Gasteiger partial charge in [-0.25, -0.2) is 4.39 Å². The number of aryl methyl sites for hydroxylation is 2. The summed E-state index contributed by atoms with van der Waals surface area (Å²) in [6.45, 7) is 6.57. The van der Waals surface area contributed by atoms with E-state index in [9.17, 15) is 9.18 Å². The summed E-state index contributed by atoms with van der Waals surface area (Å²) in [6, 6.07) is 15.1. The number of aromatic nitrogens is 3. The Morgan fingerprint density at radius 2 is 1.72 bits per heavy atom. The molecule has 0 aliphatic carbocycles. The van der Waals surface area contributed by atoms with Crippen molar-refractivity contribution in [2.75, 3.05) is 36.8 Å². The van der Waals surface area contributed by atoms with Crippen LogP contribution in [-0.4, -0.2) is 57.5 Å². The van der Waals surface area contributed by atoms with Gasteiger partial charge in [-0.15, -0.1) is 10.2 Å². The van der Waals surface area contributed by atoms with Crippen LogP contribution in [0.3, 0.4) is 0 Å². The molecule has 0 radical (unpaired) electrons. The number of hydrogen-bond acceptors (Lipinski definition) is 5. The van der Waals surface area contributed by atoms with Gasteiger partial charge in [-0.3, -0.25) is 9.36 Å². The Hall–Kier alpha value is -2.87. The smallest absolute Gasteiger partial charge is 0.222 e. The van der Waals surface area contributed by atoms with E-state index in [0.29, 0.717) is 38.3 Å². The second kappa shape index (κ2) is 10.2. The quantitative estimate of drug-likeness (QED) is 0.396. The molecule has 2 aromatic carbocycles. The van der Waals surface area contributed by atoms with E-state index < -0.39 is 0 Å². The molecule has 2 heterocycles. The molecule has 0 bridgehead atoms. The standard InChI is InChI=1S/C24H28FN5OS/c1-18-9-11-20(12-10-18)30-19(2)26-27-24(30)32-17-5-8-23(31)29-15-13-28(14-16-29)22-7-4-3-6-21(22)25/h3-4,6-7,9-12H,5,8,13-17H2,1-2H3. The Kier molecular flexibility index (Phi) is 7.09. The fourth-order valence-corrected chi connectivity index (χ4v) is 4.81. The van der Waals surface area contributed by atoms with Crippen LogP contribution in [0.25, 0.3) is 5.69 Å². The zero-order valence-corrected chi connectivity index (χ0v) is 19.3. The molecule has 0 spiro atoms. The Balaban J connectivity index is 1.24. The number of anilines is 1. The summed E-state index contributed by atoms with van der Waals surface area (Å²) in [5.41, 5.74) is 2.87. The van der Waals surface area contributed by atoms with Crippen LogP contribution in [0.15, 0.2) is 53.7 Å². The SMILES string of the molecule is Cc1ccc(-n2c(C)nnc2SCCCC(=O)N2CCN(c3ccccc3F)CC2)cc1. The van der Waals surface area contributed by atoms with Crippen LogP contribution < -0.4 is 4.90 Å². The average Bonchev–Trinajstić information content (AvgIpc) is 3.18. The normalized spacial score (nSPS) is 14.1. The van der Waals surface area contributed by atoms with Gasteiger partial charge in [0, 0.05) is 44.0 Å². The van der Waals surface area contributed by atoms with E-state index >= 15 is 0 Å². The second-order valence-corrected chi connectivity index (χ2v) is 9.03. The number of amides is 1. The summed E-state index contributed by atoms with van der Waals surface area (Å²) in [6.07, 6.45) is 1.28. The van der Waals surface area contributed by atoms with Crippen molar-refractivity contribution in [3.05, 3.63) is 65.7 Å². The molecule has 4 rings (SSSR count). The monoisotopic (exact) mass is 453 g/mol. The van der Waals surface area contributed by atoms with Crippen molar-refractivity contribution in [1.82, 2.24) is 19.7 Å². The van der Waals surface area contributed by atoms with Crippen molar-refractivity contribution in [2.45, 2.75) is 31.8 Å². The lowest BCUT2D eigenvalue weighted by atomic mass is 10.2. The third-order valence-corrected chi connectivity index (χ3v) is 6.69. The fraction of sp³-hybridized carbons (Fsp3) is 0.375. The molecular weight excluding hydrogens is 425 g/mol. The summed E-state index contributed by atoms with van der Waals surface area (Å²) >= 11 is 1.62. The number of carbonyl (C=O) groups is 1. The molecule has 1 fully saturated rings. The van der Waals surface area contributed by atoms with E-state index in [1.807, 2.05) is 27.4 Å². The largest absolute Gasteiger partial charge is 0.366 e. The predicted octanol–water partition coefficient (Wildman–Crippen LogP) is 4.24. The number of piperazine rings is 1. The molecule has 1 aliphatic heterocycles. The molecule has 1 aliphatic rings. The van der Waals surface area contributed by atoms with Gasteiger partial charge in [0.05, 0.1) is 5.69 Å². The molecule has 1 amide bonds. The van der Waals surface area contributed by atoms with Gasteiger partial charge in [0.2, 0.25) is 5.91 Å². The highest BCUT2D eigenvalue weighted by atomic mass is 32.2. The first-order chi connectivity index (χ1) is 15.5. The van der Waals surface area contributed by atoms with Gasteiger partial charge in [0.25, 0.3) is 0 Å². The first-order valence-electron chi connectivity index (χ1n) is 10.9. The van der Waals surface area contributed by atoms with E-state index in [-0.39, 0.29) is 11.7 Å². The van der Waals surface area contributed by atoms with Gasteiger partial charge in [0.15, 0.2) is 5.16 Å². The summed E-state index contributed by atoms with van der Waals surface area (Å²) in [7, 11) is 0. The number of nitrogens with zero attached hydrogens (tertiary/aromatic N) is 5. The van der Waals surface area contributed by atoms with E-state index in [0.717, 1.165) is 28.8 Å². The Bertz CT molecular complexity index is 1060. The molecule has 0 N–H and O–H groups in total. The summed E-state index contributed by atoms with van der Waals surface area (Å²) < 4.78 is 16.0. The highest BCUT2D eigenvalue weighted by molar-refractivity contribution is 7.99. The maximum absolute atomic E-state index is 14.0. The van der Waals surface area contributed by atoms with Crippen molar-refractivity contribution < 1.29 is 9.18 Å². The van der Waals surface area contributed by atoms with Crippen LogP contribution in [0.1, 0.15) is 24.2 Å². The lowest BCUT2D eigenvalue weighted by Crippen LogP contribution is -2.49. The number of benzene rings is 2. The third kappa shape index (κ3) is 5.12. The zero-order valence-electron chi connectivity index (χ0n) is 18.5. The van der Waals surface area contributed by atoms with Crippen LogP contribution in [0.4, 0.5) is 10.1 Å². The molecular formula is C24H28FN5OS. The lowest BCUT2D eigenvalue weighted by Gasteiger charge is -2.36. The van der Waals surface area contributed by atoms with Crippen molar-refractivity contribution in [3.63, 3.8) is 0 Å². The maximum atomic E-state index is 14.0. The van der Waals surface area contributed by atoms with E-state index in [4.69, 9.17) is 0 Å². The topological polar surface area (TPSA) is 54.3 Å². The minimum atomic E-state index is -0.210. The molecule has 0 atom stereocenters. The fourth-order valence-electron chi connectivity index (χ4n) is 3.88. The number of rotatable bonds is 7. The minimum absolute atomic E-state index is 0.162. The van der Waals surface area contributed by atoms with Crippen molar-refractivity contribution in [3.8, 4) is 5.69 Å². The molecule has 1 aromatic heterocycles. The summed E-state index contributed by atoms with van der Waals surface area (Å²) in [4.78, 5) is 16.5. The highest BCUT2D eigenvalue weighted by Gasteiger charge is 2.22. The molecule has 1 saturated heterocycles. The lowest BCUT2D eigenvalue weighted by molar-refractivity contribution is -0.131. The molecule has 6 nitrogen and oxygen atoms in total. The van der Waals surface area contributed by atoms with Crippen LogP contribution in [0.2, 0.25) is 0 Å². The number of thioether (sulfide) groups is 1. The number of hydrogen-bond donors (Lipinski definition) is 0. The molecule has 3 aromatic rings. The summed E-state index contributed by atoms with van der Waals surface area (Å²) in [5, 5.41) is 9.38. The highest BCUT2D eigenvalue weighted by Crippen LogP contribution is 2.24. The second-order valence-electron chi connectivity index (χ2n) is 7.97. The van der Waals surface area contributed by atoms with Gasteiger partial charge in [-0.2, -0.15) is 0 Å². The first kappa shape index (κ1) is 22.3. The molecule has 0 saturated carbocycles. The molecule has 32 heavy (non-hydrogen) atoms.